The second-order valence-corrected chi connectivity index (χ2v) is 8.57. The summed E-state index contributed by atoms with van der Waals surface area (Å²) in [5.41, 5.74) is 0.848. The summed E-state index contributed by atoms with van der Waals surface area (Å²) in [4.78, 5) is 16.5. The van der Waals surface area contributed by atoms with Gasteiger partial charge in [-0.25, -0.2) is 13.4 Å². The van der Waals surface area contributed by atoms with Crippen molar-refractivity contribution >= 4 is 44.0 Å². The van der Waals surface area contributed by atoms with Gasteiger partial charge in [-0.2, -0.15) is 4.31 Å². The van der Waals surface area contributed by atoms with Crippen molar-refractivity contribution in [1.82, 2.24) is 9.29 Å². The number of nitrogens with zero attached hydrogens (tertiary/aromatic N) is 2. The second kappa shape index (κ2) is 6.20. The summed E-state index contributed by atoms with van der Waals surface area (Å²) >= 11 is 7.12. The number of sulfonamides is 1. The smallest absolute Gasteiger partial charge is 0.243 e. The van der Waals surface area contributed by atoms with Gasteiger partial charge < -0.3 is 5.32 Å². The Morgan fingerprint density at radius 3 is 2.70 bits per heavy atom. The summed E-state index contributed by atoms with van der Waals surface area (Å²) in [6.45, 7) is 2.04. The van der Waals surface area contributed by atoms with Crippen LogP contribution in [0.15, 0.2) is 29.2 Å². The summed E-state index contributed by atoms with van der Waals surface area (Å²) in [6.07, 6.45) is 0.526. The Morgan fingerprint density at radius 2 is 2.04 bits per heavy atom. The number of thiazole rings is 1. The molecule has 0 bridgehead atoms. The third-order valence-electron chi connectivity index (χ3n) is 3.43. The zero-order valence-electron chi connectivity index (χ0n) is 12.2. The van der Waals surface area contributed by atoms with Gasteiger partial charge in [-0.1, -0.05) is 11.6 Å². The number of amides is 1. The van der Waals surface area contributed by atoms with Gasteiger partial charge in [0.15, 0.2) is 5.13 Å². The highest BCUT2D eigenvalue weighted by Gasteiger charge is 2.30. The van der Waals surface area contributed by atoms with Crippen LogP contribution >= 0.6 is 22.9 Å². The Hall–Kier alpha value is -1.48. The highest BCUT2D eigenvalue weighted by atomic mass is 35.5. The third-order valence-corrected chi connectivity index (χ3v) is 6.54. The molecule has 0 spiro atoms. The predicted molar refractivity (Wildman–Crippen MR) is 89.2 cm³/mol. The van der Waals surface area contributed by atoms with E-state index >= 15 is 0 Å². The maximum Gasteiger partial charge on any atom is 0.243 e. The van der Waals surface area contributed by atoms with Crippen LogP contribution in [0.2, 0.25) is 5.02 Å². The van der Waals surface area contributed by atoms with Crippen molar-refractivity contribution in [2.24, 2.45) is 0 Å². The Labute approximate surface area is 143 Å². The number of anilines is 1. The van der Waals surface area contributed by atoms with Gasteiger partial charge in [0.2, 0.25) is 15.9 Å². The van der Waals surface area contributed by atoms with E-state index in [0.29, 0.717) is 23.1 Å². The molecule has 1 aromatic carbocycles. The minimum Gasteiger partial charge on any atom is -0.302 e. The van der Waals surface area contributed by atoms with Crippen LogP contribution in [-0.4, -0.2) is 30.2 Å². The number of halogens is 1. The number of nitrogens with one attached hydrogen (secondary N) is 1. The highest BCUT2D eigenvalue weighted by Crippen LogP contribution is 2.31. The van der Waals surface area contributed by atoms with Gasteiger partial charge in [0.25, 0.3) is 0 Å². The van der Waals surface area contributed by atoms with Gasteiger partial charge in [-0.05, 0) is 24.3 Å². The molecule has 2 heterocycles. The molecule has 6 nitrogen and oxygen atoms in total. The third kappa shape index (κ3) is 3.40. The first-order chi connectivity index (χ1) is 10.9. The maximum atomic E-state index is 12.7. The van der Waals surface area contributed by atoms with Gasteiger partial charge >= 0.3 is 0 Å². The van der Waals surface area contributed by atoms with Crippen molar-refractivity contribution in [3.63, 3.8) is 0 Å². The van der Waals surface area contributed by atoms with E-state index in [1.165, 1.54) is 34.7 Å². The Balaban J connectivity index is 1.84. The molecule has 1 aliphatic heterocycles. The molecule has 0 saturated carbocycles. The Kier molecular flexibility index (Phi) is 4.41. The monoisotopic (exact) mass is 371 g/mol. The first-order valence-corrected chi connectivity index (χ1v) is 9.51. The molecule has 0 unspecified atom stereocenters. The summed E-state index contributed by atoms with van der Waals surface area (Å²) in [6, 6.07) is 6.13. The zero-order chi connectivity index (χ0) is 16.6. The summed E-state index contributed by atoms with van der Waals surface area (Å²) in [5.74, 6) is -0.193. The summed E-state index contributed by atoms with van der Waals surface area (Å²) in [7, 11) is -3.57. The van der Waals surface area contributed by atoms with Gasteiger partial charge in [0.05, 0.1) is 17.1 Å². The van der Waals surface area contributed by atoms with Gasteiger partial charge in [0.1, 0.15) is 0 Å². The molecule has 122 valence electrons. The standard InChI is InChI=1S/C14H14ClN3O3S2/c1-9(19)16-14-17-12-6-7-18(8-13(12)22-14)23(20,21)11-4-2-10(15)3-5-11/h2-5H,6-8H2,1H3,(H,16,17,19). The summed E-state index contributed by atoms with van der Waals surface area (Å²) in [5, 5.41) is 3.64. The molecule has 3 rings (SSSR count). The minimum absolute atomic E-state index is 0.193. The lowest BCUT2D eigenvalue weighted by Gasteiger charge is -2.25. The fourth-order valence-corrected chi connectivity index (χ4v) is 5.02. The van der Waals surface area contributed by atoms with Crippen LogP contribution in [0.5, 0.6) is 0 Å². The number of rotatable bonds is 3. The van der Waals surface area contributed by atoms with Crippen molar-refractivity contribution in [2.45, 2.75) is 24.8 Å². The van der Waals surface area contributed by atoms with Crippen molar-refractivity contribution in [3.05, 3.63) is 39.9 Å². The lowest BCUT2D eigenvalue weighted by molar-refractivity contribution is -0.114. The van der Waals surface area contributed by atoms with Gasteiger partial charge in [0, 0.05) is 29.8 Å². The molecular weight excluding hydrogens is 358 g/mol. The molecule has 1 amide bonds. The second-order valence-electron chi connectivity index (χ2n) is 5.11. The molecule has 0 radical (unpaired) electrons. The number of benzene rings is 1. The van der Waals surface area contributed by atoms with Crippen LogP contribution in [0.4, 0.5) is 5.13 Å². The van der Waals surface area contributed by atoms with Crippen molar-refractivity contribution in [3.8, 4) is 0 Å². The molecule has 0 aliphatic carbocycles. The summed E-state index contributed by atoms with van der Waals surface area (Å²) < 4.78 is 26.8. The Bertz CT molecular complexity index is 847. The number of carbonyl (C=O) groups excluding carboxylic acids is 1. The van der Waals surface area contributed by atoms with E-state index in [1.54, 1.807) is 12.1 Å². The fourth-order valence-electron chi connectivity index (χ4n) is 2.34. The van der Waals surface area contributed by atoms with Crippen LogP contribution in [0.1, 0.15) is 17.5 Å². The van der Waals surface area contributed by atoms with E-state index in [9.17, 15) is 13.2 Å². The van der Waals surface area contributed by atoms with Crippen molar-refractivity contribution in [2.75, 3.05) is 11.9 Å². The zero-order valence-corrected chi connectivity index (χ0v) is 14.6. The average molecular weight is 372 g/mol. The molecule has 1 N–H and O–H groups in total. The minimum atomic E-state index is -3.57. The van der Waals surface area contributed by atoms with E-state index in [4.69, 9.17) is 11.6 Å². The molecule has 2 aromatic rings. The molecule has 9 heteroatoms. The van der Waals surface area contributed by atoms with E-state index in [-0.39, 0.29) is 17.3 Å². The lowest BCUT2D eigenvalue weighted by atomic mass is 10.2. The van der Waals surface area contributed by atoms with Crippen molar-refractivity contribution < 1.29 is 13.2 Å². The number of fused-ring (bicyclic) bond motifs is 1. The lowest BCUT2D eigenvalue weighted by Crippen LogP contribution is -2.35. The molecular formula is C14H14ClN3O3S2. The average Bonchev–Trinajstić information content (AvgIpc) is 2.87. The number of aromatic nitrogens is 1. The highest BCUT2D eigenvalue weighted by molar-refractivity contribution is 7.89. The molecule has 0 saturated heterocycles. The molecule has 23 heavy (non-hydrogen) atoms. The van der Waals surface area contributed by atoms with Crippen LogP contribution < -0.4 is 5.32 Å². The first kappa shape index (κ1) is 16.4. The van der Waals surface area contributed by atoms with Crippen LogP contribution in [0.3, 0.4) is 0 Å². The van der Waals surface area contributed by atoms with Gasteiger partial charge in [-0.15, -0.1) is 11.3 Å². The number of carbonyl (C=O) groups is 1. The Morgan fingerprint density at radius 1 is 1.35 bits per heavy atom. The number of hydrogen-bond acceptors (Lipinski definition) is 5. The number of hydrogen-bond donors (Lipinski definition) is 1. The van der Waals surface area contributed by atoms with Crippen LogP contribution in [-0.2, 0) is 27.8 Å². The van der Waals surface area contributed by atoms with Crippen LogP contribution in [0.25, 0.3) is 0 Å². The fraction of sp³-hybridized carbons (Fsp3) is 0.286. The van der Waals surface area contributed by atoms with E-state index < -0.39 is 10.0 Å². The topological polar surface area (TPSA) is 79.4 Å². The maximum absolute atomic E-state index is 12.7. The normalized spacial score (nSPS) is 15.2. The van der Waals surface area contributed by atoms with Crippen molar-refractivity contribution in [1.29, 1.82) is 0 Å². The molecule has 0 fully saturated rings. The SMILES string of the molecule is CC(=O)Nc1nc2c(s1)CN(S(=O)(=O)c1ccc(Cl)cc1)CC2. The first-order valence-electron chi connectivity index (χ1n) is 6.88. The van der Waals surface area contributed by atoms with E-state index in [2.05, 4.69) is 10.3 Å². The van der Waals surface area contributed by atoms with Crippen LogP contribution in [0, 0.1) is 0 Å². The predicted octanol–water partition coefficient (Wildman–Crippen LogP) is 2.50. The van der Waals surface area contributed by atoms with Gasteiger partial charge in [-0.3, -0.25) is 4.79 Å². The van der Waals surface area contributed by atoms with E-state index in [1.807, 2.05) is 0 Å². The van der Waals surface area contributed by atoms with E-state index in [0.717, 1.165) is 10.6 Å². The molecule has 0 atom stereocenters. The molecule has 1 aromatic heterocycles. The quantitative estimate of drug-likeness (QED) is 0.899. The largest absolute Gasteiger partial charge is 0.302 e. The molecule has 1 aliphatic rings.